The van der Waals surface area contributed by atoms with Crippen LogP contribution in [0.1, 0.15) is 44.9 Å². The van der Waals surface area contributed by atoms with Crippen LogP contribution < -0.4 is 11.1 Å². The number of alkyl carbamates (subject to hydrolysis) is 1. The highest BCUT2D eigenvalue weighted by atomic mass is 16.5. The van der Waals surface area contributed by atoms with Crippen LogP contribution in [-0.2, 0) is 9.53 Å². The van der Waals surface area contributed by atoms with E-state index in [9.17, 15) is 9.59 Å². The van der Waals surface area contributed by atoms with Gasteiger partial charge in [0.05, 0.1) is 6.61 Å². The molecule has 0 bridgehead atoms. The van der Waals surface area contributed by atoms with Gasteiger partial charge in [-0.15, -0.1) is 0 Å². The van der Waals surface area contributed by atoms with Gasteiger partial charge in [0.15, 0.2) is 0 Å². The number of unbranched alkanes of at least 4 members (excludes halogenated alkanes) is 1. The first-order valence-electron chi connectivity index (χ1n) is 8.63. The number of ether oxygens (including phenoxy) is 1. The van der Waals surface area contributed by atoms with Gasteiger partial charge in [0.2, 0.25) is 0 Å². The summed E-state index contributed by atoms with van der Waals surface area (Å²) < 4.78 is 5.32. The summed E-state index contributed by atoms with van der Waals surface area (Å²) >= 11 is 0. The van der Waals surface area contributed by atoms with Crippen molar-refractivity contribution in [2.24, 2.45) is 23.5 Å². The van der Waals surface area contributed by atoms with E-state index in [2.05, 4.69) is 17.5 Å². The van der Waals surface area contributed by atoms with Crippen LogP contribution in [0.2, 0.25) is 0 Å². The lowest BCUT2D eigenvalue weighted by molar-refractivity contribution is -0.138. The fourth-order valence-electron chi connectivity index (χ4n) is 3.47. The van der Waals surface area contributed by atoms with Gasteiger partial charge in [0.25, 0.3) is 0 Å². The van der Waals surface area contributed by atoms with E-state index in [1.165, 1.54) is 12.8 Å². The van der Waals surface area contributed by atoms with Crippen molar-refractivity contribution in [2.45, 2.75) is 51.0 Å². The van der Waals surface area contributed by atoms with Gasteiger partial charge >= 0.3 is 12.1 Å². The zero-order valence-electron chi connectivity index (χ0n) is 13.6. The molecule has 23 heavy (non-hydrogen) atoms. The molecule has 2 rings (SSSR count). The third kappa shape index (κ3) is 5.86. The van der Waals surface area contributed by atoms with Crippen molar-refractivity contribution in [3.63, 3.8) is 0 Å². The maximum Gasteiger partial charge on any atom is 0.407 e. The number of aliphatic carboxylic acids is 1. The van der Waals surface area contributed by atoms with Gasteiger partial charge in [-0.3, -0.25) is 4.79 Å². The lowest BCUT2D eigenvalue weighted by atomic mass is 10.1. The second-order valence-corrected chi connectivity index (χ2v) is 6.58. The first-order chi connectivity index (χ1) is 11.1. The van der Waals surface area contributed by atoms with Crippen molar-refractivity contribution >= 4 is 12.1 Å². The first-order valence-corrected chi connectivity index (χ1v) is 8.63. The summed E-state index contributed by atoms with van der Waals surface area (Å²) in [5.41, 5.74) is 5.41. The largest absolute Gasteiger partial charge is 0.480 e. The number of fused-ring (bicyclic) bond motifs is 1. The molecule has 0 heterocycles. The maximum absolute atomic E-state index is 11.7. The molecule has 0 radical (unpaired) electrons. The van der Waals surface area contributed by atoms with E-state index >= 15 is 0 Å². The van der Waals surface area contributed by atoms with Gasteiger partial charge in [0.1, 0.15) is 6.04 Å². The van der Waals surface area contributed by atoms with E-state index in [4.69, 9.17) is 15.6 Å². The fraction of sp³-hybridized carbons (Fsp3) is 0.765. The summed E-state index contributed by atoms with van der Waals surface area (Å²) in [5.74, 6) is 1.01. The van der Waals surface area contributed by atoms with Gasteiger partial charge in [-0.25, -0.2) is 4.79 Å². The number of carboxylic acids is 1. The topological polar surface area (TPSA) is 102 Å². The van der Waals surface area contributed by atoms with Gasteiger partial charge in [-0.1, -0.05) is 12.2 Å². The molecule has 4 atom stereocenters. The van der Waals surface area contributed by atoms with Crippen LogP contribution in [-0.4, -0.2) is 36.4 Å². The Labute approximate surface area is 137 Å². The summed E-state index contributed by atoms with van der Waals surface area (Å²) in [7, 11) is 0. The summed E-state index contributed by atoms with van der Waals surface area (Å²) in [6.07, 6.45) is 10.6. The Kier molecular flexibility index (Phi) is 6.89. The SMILES string of the molecule is N[C@@H](CCCCNC(=O)OCC1[C@H]2CC/C=C\CC[C@@H]12)C(=O)O. The molecule has 6 nitrogen and oxygen atoms in total. The normalized spacial score (nSPS) is 28.7. The highest BCUT2D eigenvalue weighted by Crippen LogP contribution is 2.52. The molecule has 0 aromatic rings. The lowest BCUT2D eigenvalue weighted by Gasteiger charge is -2.08. The summed E-state index contributed by atoms with van der Waals surface area (Å²) in [5, 5.41) is 11.4. The highest BCUT2D eigenvalue weighted by Gasteiger charge is 2.49. The Morgan fingerprint density at radius 1 is 1.22 bits per heavy atom. The molecule has 0 aromatic carbocycles. The summed E-state index contributed by atoms with van der Waals surface area (Å²) in [6, 6.07) is -0.817. The van der Waals surface area contributed by atoms with E-state index in [1.54, 1.807) is 0 Å². The van der Waals surface area contributed by atoms with Crippen LogP contribution >= 0.6 is 0 Å². The van der Waals surface area contributed by atoms with E-state index < -0.39 is 12.0 Å². The number of nitrogens with two attached hydrogens (primary N) is 1. The molecule has 0 aromatic heterocycles. The van der Waals surface area contributed by atoms with Crippen molar-refractivity contribution in [3.8, 4) is 0 Å². The van der Waals surface area contributed by atoms with Crippen molar-refractivity contribution in [3.05, 3.63) is 12.2 Å². The smallest absolute Gasteiger partial charge is 0.407 e. The molecular weight excluding hydrogens is 296 g/mol. The minimum absolute atomic E-state index is 0.370. The second-order valence-electron chi connectivity index (χ2n) is 6.58. The maximum atomic E-state index is 11.7. The lowest BCUT2D eigenvalue weighted by Crippen LogP contribution is -2.30. The fourth-order valence-corrected chi connectivity index (χ4v) is 3.47. The van der Waals surface area contributed by atoms with Crippen LogP contribution in [0.15, 0.2) is 12.2 Å². The number of allylic oxidation sites excluding steroid dienone is 2. The molecule has 2 aliphatic rings. The van der Waals surface area contributed by atoms with Crippen LogP contribution in [0.25, 0.3) is 0 Å². The third-order valence-corrected chi connectivity index (χ3v) is 4.94. The zero-order chi connectivity index (χ0) is 16.7. The minimum Gasteiger partial charge on any atom is -0.480 e. The quantitative estimate of drug-likeness (QED) is 0.470. The van der Waals surface area contributed by atoms with Crippen LogP contribution in [0, 0.1) is 17.8 Å². The Morgan fingerprint density at radius 3 is 2.48 bits per heavy atom. The van der Waals surface area contributed by atoms with Gasteiger partial charge in [-0.05, 0) is 62.7 Å². The predicted molar refractivity (Wildman–Crippen MR) is 86.9 cm³/mol. The molecule has 1 fully saturated rings. The molecular formula is C17H28N2O4. The van der Waals surface area contributed by atoms with E-state index in [0.717, 1.165) is 24.7 Å². The minimum atomic E-state index is -0.981. The highest BCUT2D eigenvalue weighted by molar-refractivity contribution is 5.72. The second kappa shape index (κ2) is 8.91. The number of hydrogen-bond acceptors (Lipinski definition) is 4. The number of nitrogens with one attached hydrogen (secondary N) is 1. The van der Waals surface area contributed by atoms with Gasteiger partial charge < -0.3 is 20.9 Å². The summed E-state index contributed by atoms with van der Waals surface area (Å²) in [6.45, 7) is 1.01. The Hall–Kier alpha value is -1.56. The number of hydrogen-bond donors (Lipinski definition) is 3. The average molecular weight is 324 g/mol. The molecule has 1 saturated carbocycles. The number of carbonyl (C=O) groups excluding carboxylic acids is 1. The third-order valence-electron chi connectivity index (χ3n) is 4.94. The van der Waals surface area contributed by atoms with Crippen molar-refractivity contribution < 1.29 is 19.4 Å². The van der Waals surface area contributed by atoms with Gasteiger partial charge in [0, 0.05) is 6.54 Å². The van der Waals surface area contributed by atoms with Crippen LogP contribution in [0.4, 0.5) is 4.79 Å². The van der Waals surface area contributed by atoms with Crippen LogP contribution in [0.3, 0.4) is 0 Å². The standard InChI is InChI=1S/C17H28N2O4/c18-15(16(20)21)9-5-6-10-19-17(22)23-11-14-12-7-3-1-2-4-8-13(12)14/h1-2,12-15H,3-11,18H2,(H,19,22)(H,20,21)/b2-1-/t12-,13+,14?,15-/m0/s1. The molecule has 2 aliphatic carbocycles. The molecule has 1 unspecified atom stereocenters. The average Bonchev–Trinajstić information content (AvgIpc) is 3.14. The monoisotopic (exact) mass is 324 g/mol. The predicted octanol–water partition coefficient (Wildman–Crippen LogP) is 2.29. The molecule has 1 amide bonds. The molecule has 4 N–H and O–H groups in total. The molecule has 6 heteroatoms. The number of rotatable bonds is 8. The van der Waals surface area contributed by atoms with Crippen LogP contribution in [0.5, 0.6) is 0 Å². The Morgan fingerprint density at radius 2 is 1.87 bits per heavy atom. The first kappa shape index (κ1) is 17.8. The number of carbonyl (C=O) groups is 2. The number of amides is 1. The molecule has 130 valence electrons. The van der Waals surface area contributed by atoms with Gasteiger partial charge in [-0.2, -0.15) is 0 Å². The van der Waals surface area contributed by atoms with Crippen molar-refractivity contribution in [1.29, 1.82) is 0 Å². The molecule has 0 spiro atoms. The molecule has 0 saturated heterocycles. The van der Waals surface area contributed by atoms with E-state index in [-0.39, 0.29) is 6.09 Å². The number of carboxylic acid groups (broad SMARTS) is 1. The zero-order valence-corrected chi connectivity index (χ0v) is 13.6. The van der Waals surface area contributed by atoms with Crippen molar-refractivity contribution in [2.75, 3.05) is 13.2 Å². The molecule has 0 aliphatic heterocycles. The van der Waals surface area contributed by atoms with Crippen molar-refractivity contribution in [1.82, 2.24) is 5.32 Å². The summed E-state index contributed by atoms with van der Waals surface area (Å²) in [4.78, 5) is 22.2. The van der Waals surface area contributed by atoms with E-state index in [1.807, 2.05) is 0 Å². The Balaban J connectivity index is 1.50. The van der Waals surface area contributed by atoms with E-state index in [0.29, 0.717) is 38.3 Å². The Bertz CT molecular complexity index is 422.